The highest BCUT2D eigenvalue weighted by atomic mass is 16.3. The zero-order valence-electron chi connectivity index (χ0n) is 9.60. The van der Waals surface area contributed by atoms with Crippen molar-refractivity contribution in [1.29, 1.82) is 0 Å². The molecule has 0 aliphatic heterocycles. The summed E-state index contributed by atoms with van der Waals surface area (Å²) in [6, 6.07) is 9.07. The summed E-state index contributed by atoms with van der Waals surface area (Å²) in [5.41, 5.74) is 0.608. The van der Waals surface area contributed by atoms with Gasteiger partial charge in [0, 0.05) is 12.6 Å². The van der Waals surface area contributed by atoms with Crippen LogP contribution in [0.2, 0.25) is 0 Å². The molecular formula is C12H18N2O2. The van der Waals surface area contributed by atoms with Crippen molar-refractivity contribution < 1.29 is 9.90 Å². The van der Waals surface area contributed by atoms with Crippen LogP contribution in [0.15, 0.2) is 30.3 Å². The highest BCUT2D eigenvalue weighted by molar-refractivity contribution is 5.81. The van der Waals surface area contributed by atoms with Crippen molar-refractivity contribution in [2.24, 2.45) is 0 Å². The number of carbonyl (C=O) groups is 1. The first-order chi connectivity index (χ1) is 7.65. The van der Waals surface area contributed by atoms with E-state index in [2.05, 4.69) is 10.6 Å². The Morgan fingerprint density at radius 3 is 2.56 bits per heavy atom. The summed E-state index contributed by atoms with van der Waals surface area (Å²) >= 11 is 0. The van der Waals surface area contributed by atoms with Crippen LogP contribution in [0.4, 0.5) is 0 Å². The van der Waals surface area contributed by atoms with E-state index >= 15 is 0 Å². The molecule has 0 saturated carbocycles. The second-order valence-electron chi connectivity index (χ2n) is 3.75. The van der Waals surface area contributed by atoms with E-state index in [0.29, 0.717) is 12.1 Å². The quantitative estimate of drug-likeness (QED) is 0.677. The molecule has 0 saturated heterocycles. The molecule has 0 heterocycles. The van der Waals surface area contributed by atoms with Gasteiger partial charge < -0.3 is 15.7 Å². The Bertz CT molecular complexity index is 327. The lowest BCUT2D eigenvalue weighted by molar-refractivity contribution is -0.129. The predicted octanol–water partition coefficient (Wildman–Crippen LogP) is 0.444. The summed E-state index contributed by atoms with van der Waals surface area (Å²) in [7, 11) is 1.82. The first-order valence-electron chi connectivity index (χ1n) is 5.33. The van der Waals surface area contributed by atoms with Gasteiger partial charge in [0.05, 0.1) is 0 Å². The lowest BCUT2D eigenvalue weighted by Gasteiger charge is -2.14. The molecule has 0 spiro atoms. The van der Waals surface area contributed by atoms with Crippen LogP contribution < -0.4 is 10.6 Å². The molecule has 0 aromatic heterocycles. The van der Waals surface area contributed by atoms with E-state index in [1.807, 2.05) is 20.0 Å². The molecule has 1 amide bonds. The first kappa shape index (κ1) is 12.7. The topological polar surface area (TPSA) is 61.4 Å². The number of amides is 1. The van der Waals surface area contributed by atoms with Gasteiger partial charge in [-0.15, -0.1) is 0 Å². The van der Waals surface area contributed by atoms with Gasteiger partial charge in [-0.3, -0.25) is 4.79 Å². The van der Waals surface area contributed by atoms with Crippen LogP contribution in [0.3, 0.4) is 0 Å². The van der Waals surface area contributed by atoms with Crippen molar-refractivity contribution in [1.82, 2.24) is 10.6 Å². The molecule has 0 bridgehead atoms. The Hall–Kier alpha value is -1.39. The molecule has 0 radical (unpaired) electrons. The number of nitrogens with one attached hydrogen (secondary N) is 2. The molecule has 4 nitrogen and oxygen atoms in total. The number of rotatable bonds is 5. The third kappa shape index (κ3) is 3.64. The summed E-state index contributed by atoms with van der Waals surface area (Å²) in [6.07, 6.45) is -1.09. The Labute approximate surface area is 95.7 Å². The molecule has 0 fully saturated rings. The molecule has 1 rings (SSSR count). The van der Waals surface area contributed by atoms with Crippen molar-refractivity contribution in [2.45, 2.75) is 19.1 Å². The highest BCUT2D eigenvalue weighted by Gasteiger charge is 2.16. The maximum absolute atomic E-state index is 11.6. The minimum Gasteiger partial charge on any atom is -0.378 e. The molecule has 16 heavy (non-hydrogen) atoms. The number of benzene rings is 1. The largest absolute Gasteiger partial charge is 0.378 e. The van der Waals surface area contributed by atoms with Gasteiger partial charge in [-0.1, -0.05) is 30.3 Å². The molecule has 1 aromatic rings. The Kier molecular flexibility index (Phi) is 4.95. The van der Waals surface area contributed by atoms with Crippen molar-refractivity contribution in [3.63, 3.8) is 0 Å². The van der Waals surface area contributed by atoms with E-state index in [1.54, 1.807) is 24.3 Å². The van der Waals surface area contributed by atoms with Gasteiger partial charge >= 0.3 is 0 Å². The zero-order chi connectivity index (χ0) is 12.0. The maximum Gasteiger partial charge on any atom is 0.253 e. The lowest BCUT2D eigenvalue weighted by atomic mass is 10.1. The van der Waals surface area contributed by atoms with Gasteiger partial charge in [-0.05, 0) is 19.5 Å². The highest BCUT2D eigenvalue weighted by Crippen LogP contribution is 2.11. The summed E-state index contributed by atoms with van der Waals surface area (Å²) < 4.78 is 0. The average molecular weight is 222 g/mol. The van der Waals surface area contributed by atoms with Gasteiger partial charge in [0.15, 0.2) is 6.10 Å². The lowest BCUT2D eigenvalue weighted by Crippen LogP contribution is -2.39. The van der Waals surface area contributed by atoms with Crippen molar-refractivity contribution >= 4 is 5.91 Å². The van der Waals surface area contributed by atoms with E-state index in [-0.39, 0.29) is 11.9 Å². The van der Waals surface area contributed by atoms with Crippen LogP contribution in [-0.4, -0.2) is 30.6 Å². The van der Waals surface area contributed by atoms with Crippen LogP contribution >= 0.6 is 0 Å². The number of hydrogen-bond donors (Lipinski definition) is 3. The molecule has 2 atom stereocenters. The van der Waals surface area contributed by atoms with E-state index in [4.69, 9.17) is 0 Å². The molecular weight excluding hydrogens is 204 g/mol. The smallest absolute Gasteiger partial charge is 0.253 e. The van der Waals surface area contributed by atoms with Gasteiger partial charge in [0.1, 0.15) is 0 Å². The Morgan fingerprint density at radius 1 is 1.38 bits per heavy atom. The normalized spacial score (nSPS) is 14.2. The fourth-order valence-corrected chi connectivity index (χ4v) is 1.24. The SMILES string of the molecule is CNC(C)CNC(=O)C(O)c1ccccc1. The molecule has 1 aromatic carbocycles. The summed E-state index contributed by atoms with van der Waals surface area (Å²) in [5.74, 6) is -0.367. The third-order valence-corrected chi connectivity index (χ3v) is 2.44. The maximum atomic E-state index is 11.6. The van der Waals surface area contributed by atoms with E-state index in [1.165, 1.54) is 0 Å². The number of aliphatic hydroxyl groups is 1. The second-order valence-corrected chi connectivity index (χ2v) is 3.75. The molecule has 3 N–H and O–H groups in total. The number of likely N-dealkylation sites (N-methyl/N-ethyl adjacent to an activating group) is 1. The first-order valence-corrected chi connectivity index (χ1v) is 5.33. The number of carbonyl (C=O) groups excluding carboxylic acids is 1. The van der Waals surface area contributed by atoms with Crippen LogP contribution in [0.1, 0.15) is 18.6 Å². The van der Waals surface area contributed by atoms with Crippen molar-refractivity contribution in [3.8, 4) is 0 Å². The Balaban J connectivity index is 2.49. The van der Waals surface area contributed by atoms with Gasteiger partial charge in [0.25, 0.3) is 5.91 Å². The zero-order valence-corrected chi connectivity index (χ0v) is 9.60. The van der Waals surface area contributed by atoms with Crippen LogP contribution in [0, 0.1) is 0 Å². The van der Waals surface area contributed by atoms with Crippen molar-refractivity contribution in [3.05, 3.63) is 35.9 Å². The Morgan fingerprint density at radius 2 is 2.00 bits per heavy atom. The monoisotopic (exact) mass is 222 g/mol. The summed E-state index contributed by atoms with van der Waals surface area (Å²) in [6.45, 7) is 2.45. The van der Waals surface area contributed by atoms with Crippen molar-refractivity contribution in [2.75, 3.05) is 13.6 Å². The standard InChI is InChI=1S/C12H18N2O2/c1-9(13-2)8-14-12(16)11(15)10-6-4-3-5-7-10/h3-7,9,11,13,15H,8H2,1-2H3,(H,14,16). The second kappa shape index (κ2) is 6.25. The van der Waals surface area contributed by atoms with E-state index in [0.717, 1.165) is 0 Å². The fourth-order valence-electron chi connectivity index (χ4n) is 1.24. The van der Waals surface area contributed by atoms with Crippen LogP contribution in [0.5, 0.6) is 0 Å². The van der Waals surface area contributed by atoms with E-state index in [9.17, 15) is 9.90 Å². The number of aliphatic hydroxyl groups excluding tert-OH is 1. The van der Waals surface area contributed by atoms with Crippen LogP contribution in [-0.2, 0) is 4.79 Å². The van der Waals surface area contributed by atoms with E-state index < -0.39 is 6.10 Å². The molecule has 88 valence electrons. The third-order valence-electron chi connectivity index (χ3n) is 2.44. The number of hydrogen-bond acceptors (Lipinski definition) is 3. The van der Waals surface area contributed by atoms with Gasteiger partial charge in [0.2, 0.25) is 0 Å². The minimum atomic E-state index is -1.09. The van der Waals surface area contributed by atoms with Gasteiger partial charge in [-0.25, -0.2) is 0 Å². The minimum absolute atomic E-state index is 0.187. The predicted molar refractivity (Wildman–Crippen MR) is 62.9 cm³/mol. The van der Waals surface area contributed by atoms with Gasteiger partial charge in [-0.2, -0.15) is 0 Å². The summed E-state index contributed by atoms with van der Waals surface area (Å²) in [4.78, 5) is 11.6. The molecule has 2 unspecified atom stereocenters. The molecule has 0 aliphatic carbocycles. The molecule has 0 aliphatic rings. The molecule has 4 heteroatoms. The average Bonchev–Trinajstić information content (AvgIpc) is 2.35. The van der Waals surface area contributed by atoms with Crippen LogP contribution in [0.25, 0.3) is 0 Å². The summed E-state index contributed by atoms with van der Waals surface area (Å²) in [5, 5.41) is 15.4. The fraction of sp³-hybridized carbons (Fsp3) is 0.417.